The number of ether oxygens (including phenoxy) is 1. The summed E-state index contributed by atoms with van der Waals surface area (Å²) in [6, 6.07) is 7.21. The summed E-state index contributed by atoms with van der Waals surface area (Å²) in [6.45, 7) is 1.86. The van der Waals surface area contributed by atoms with Crippen LogP contribution in [0, 0.1) is 0 Å². The highest BCUT2D eigenvalue weighted by Crippen LogP contribution is 2.12. The molecule has 0 aromatic heterocycles. The third-order valence-electron chi connectivity index (χ3n) is 2.88. The minimum atomic E-state index is -1.04. The van der Waals surface area contributed by atoms with Crippen LogP contribution in [0.15, 0.2) is 24.3 Å². The Labute approximate surface area is 134 Å². The van der Waals surface area contributed by atoms with Gasteiger partial charge >= 0.3 is 11.8 Å². The lowest BCUT2D eigenvalue weighted by molar-refractivity contribution is -0.139. The summed E-state index contributed by atoms with van der Waals surface area (Å²) in [7, 11) is 1.56. The fourth-order valence-electron chi connectivity index (χ4n) is 1.76. The average molecular weight is 326 g/mol. The van der Waals surface area contributed by atoms with E-state index in [1.165, 1.54) is 11.8 Å². The Bertz CT molecular complexity index is 520. The molecular weight excluding hydrogens is 304 g/mol. The van der Waals surface area contributed by atoms with Gasteiger partial charge in [0.2, 0.25) is 0 Å². The van der Waals surface area contributed by atoms with Crippen LogP contribution in [0.5, 0.6) is 5.75 Å². The van der Waals surface area contributed by atoms with Crippen LogP contribution >= 0.6 is 11.8 Å². The Kier molecular flexibility index (Phi) is 7.20. The van der Waals surface area contributed by atoms with E-state index >= 15 is 0 Å². The predicted octanol–water partition coefficient (Wildman–Crippen LogP) is 0.542. The number of hydrogen-bond acceptors (Lipinski definition) is 5. The van der Waals surface area contributed by atoms with E-state index < -0.39 is 17.4 Å². The van der Waals surface area contributed by atoms with Crippen LogP contribution in [0.4, 0.5) is 0 Å². The first-order chi connectivity index (χ1) is 10.4. The van der Waals surface area contributed by atoms with Gasteiger partial charge in [-0.25, -0.2) is 0 Å². The number of benzene rings is 1. The highest BCUT2D eigenvalue weighted by atomic mass is 32.2. The van der Waals surface area contributed by atoms with E-state index in [-0.39, 0.29) is 13.1 Å². The molecule has 22 heavy (non-hydrogen) atoms. The van der Waals surface area contributed by atoms with Gasteiger partial charge in [-0.1, -0.05) is 12.1 Å². The second kappa shape index (κ2) is 8.65. The number of hydrogen-bond donors (Lipinski definition) is 3. The molecule has 1 rings (SSSR count). The van der Waals surface area contributed by atoms with Crippen LogP contribution in [0.2, 0.25) is 0 Å². The van der Waals surface area contributed by atoms with Crippen LogP contribution in [-0.2, 0) is 16.1 Å². The molecule has 0 aliphatic heterocycles. The first-order valence-corrected chi connectivity index (χ1v) is 8.17. The fraction of sp³-hybridized carbons (Fsp3) is 0.467. The fourth-order valence-corrected chi connectivity index (χ4v) is 2.48. The zero-order chi connectivity index (χ0) is 16.6. The number of amides is 2. The molecule has 122 valence electrons. The quantitative estimate of drug-likeness (QED) is 0.637. The Hall–Kier alpha value is -1.73. The first-order valence-electron chi connectivity index (χ1n) is 6.78. The average Bonchev–Trinajstić information content (AvgIpc) is 2.50. The van der Waals surface area contributed by atoms with Crippen molar-refractivity contribution in [2.45, 2.75) is 19.1 Å². The number of thioether (sulfide) groups is 1. The van der Waals surface area contributed by atoms with Gasteiger partial charge in [0.25, 0.3) is 0 Å². The summed E-state index contributed by atoms with van der Waals surface area (Å²) in [5.41, 5.74) is -0.211. The number of carbonyl (C=O) groups is 2. The molecule has 0 aliphatic rings. The molecule has 1 aromatic carbocycles. The molecule has 6 nitrogen and oxygen atoms in total. The van der Waals surface area contributed by atoms with Crippen molar-refractivity contribution in [2.24, 2.45) is 0 Å². The van der Waals surface area contributed by atoms with Gasteiger partial charge < -0.3 is 20.5 Å². The standard InChI is InChI=1S/C15H22N2O4S/c1-15(20,10-22-3)9-17-14(19)13(18)16-8-11-5-4-6-12(7-11)21-2/h4-7,20H,8-10H2,1-3H3,(H,16,18)(H,17,19)/t15-/m0/s1. The second-order valence-corrected chi connectivity index (χ2v) is 6.01. The SMILES string of the molecule is COc1cccc(CNC(=O)C(=O)NC[C@](C)(O)CSC)c1. The second-order valence-electron chi connectivity index (χ2n) is 5.15. The molecule has 7 heteroatoms. The minimum Gasteiger partial charge on any atom is -0.497 e. The highest BCUT2D eigenvalue weighted by Gasteiger charge is 2.22. The van der Waals surface area contributed by atoms with Gasteiger partial charge in [-0.05, 0) is 30.9 Å². The largest absolute Gasteiger partial charge is 0.497 e. The summed E-state index contributed by atoms with van der Waals surface area (Å²) >= 11 is 1.47. The molecule has 0 unspecified atom stereocenters. The summed E-state index contributed by atoms with van der Waals surface area (Å²) < 4.78 is 5.09. The van der Waals surface area contributed by atoms with Crippen LogP contribution in [0.25, 0.3) is 0 Å². The van der Waals surface area contributed by atoms with E-state index in [2.05, 4.69) is 10.6 Å². The van der Waals surface area contributed by atoms with Gasteiger partial charge in [-0.15, -0.1) is 0 Å². The third-order valence-corrected chi connectivity index (χ3v) is 3.79. The first kappa shape index (κ1) is 18.3. The molecule has 0 bridgehead atoms. The van der Waals surface area contributed by atoms with Crippen molar-refractivity contribution in [3.05, 3.63) is 29.8 Å². The summed E-state index contributed by atoms with van der Waals surface area (Å²) in [5.74, 6) is -0.338. The van der Waals surface area contributed by atoms with E-state index in [4.69, 9.17) is 4.74 Å². The molecule has 0 fully saturated rings. The zero-order valence-electron chi connectivity index (χ0n) is 13.0. The maximum absolute atomic E-state index is 11.7. The van der Waals surface area contributed by atoms with E-state index in [0.29, 0.717) is 11.5 Å². The van der Waals surface area contributed by atoms with Gasteiger partial charge in [0, 0.05) is 18.8 Å². The molecule has 1 aromatic rings. The van der Waals surface area contributed by atoms with E-state index in [9.17, 15) is 14.7 Å². The van der Waals surface area contributed by atoms with Crippen LogP contribution < -0.4 is 15.4 Å². The predicted molar refractivity (Wildman–Crippen MR) is 86.9 cm³/mol. The van der Waals surface area contributed by atoms with E-state index in [1.54, 1.807) is 32.2 Å². The van der Waals surface area contributed by atoms with Gasteiger partial charge in [-0.3, -0.25) is 9.59 Å². The van der Waals surface area contributed by atoms with Gasteiger partial charge in [0.15, 0.2) is 0 Å². The lowest BCUT2D eigenvalue weighted by atomic mass is 10.1. The minimum absolute atomic E-state index is 0.0270. The van der Waals surface area contributed by atoms with Gasteiger partial charge in [0.05, 0.1) is 12.7 Å². The van der Waals surface area contributed by atoms with Crippen LogP contribution in [0.1, 0.15) is 12.5 Å². The van der Waals surface area contributed by atoms with Crippen LogP contribution in [-0.4, -0.2) is 48.2 Å². The molecular formula is C15H22N2O4S. The van der Waals surface area contributed by atoms with Crippen molar-refractivity contribution in [3.63, 3.8) is 0 Å². The van der Waals surface area contributed by atoms with Gasteiger partial charge in [0.1, 0.15) is 5.75 Å². The molecule has 0 saturated heterocycles. The number of carbonyl (C=O) groups excluding carboxylic acids is 2. The zero-order valence-corrected chi connectivity index (χ0v) is 13.8. The summed E-state index contributed by atoms with van der Waals surface area (Å²) in [4.78, 5) is 23.4. The lowest BCUT2D eigenvalue weighted by Crippen LogP contribution is -2.47. The molecule has 0 heterocycles. The van der Waals surface area contributed by atoms with Crippen molar-refractivity contribution >= 4 is 23.6 Å². The molecule has 0 saturated carbocycles. The van der Waals surface area contributed by atoms with Crippen molar-refractivity contribution in [1.29, 1.82) is 0 Å². The topological polar surface area (TPSA) is 87.7 Å². The van der Waals surface area contributed by atoms with E-state index in [0.717, 1.165) is 5.56 Å². The lowest BCUT2D eigenvalue weighted by Gasteiger charge is -2.22. The van der Waals surface area contributed by atoms with Gasteiger partial charge in [-0.2, -0.15) is 11.8 Å². The van der Waals surface area contributed by atoms with Crippen molar-refractivity contribution in [1.82, 2.24) is 10.6 Å². The highest BCUT2D eigenvalue weighted by molar-refractivity contribution is 7.98. The maximum Gasteiger partial charge on any atom is 0.309 e. The maximum atomic E-state index is 11.7. The monoisotopic (exact) mass is 326 g/mol. The Morgan fingerprint density at radius 3 is 2.64 bits per heavy atom. The third kappa shape index (κ3) is 6.36. The number of rotatable bonds is 7. The Morgan fingerprint density at radius 1 is 1.32 bits per heavy atom. The number of nitrogens with one attached hydrogen (secondary N) is 2. The summed E-state index contributed by atoms with van der Waals surface area (Å²) in [5, 5.41) is 14.9. The molecule has 3 N–H and O–H groups in total. The van der Waals surface area contributed by atoms with E-state index in [1.807, 2.05) is 12.3 Å². The summed E-state index contributed by atoms with van der Waals surface area (Å²) in [6.07, 6.45) is 1.86. The number of methoxy groups -OCH3 is 1. The Balaban J connectivity index is 2.42. The van der Waals surface area contributed by atoms with Crippen molar-refractivity contribution < 1.29 is 19.4 Å². The molecule has 0 spiro atoms. The van der Waals surface area contributed by atoms with Crippen LogP contribution in [0.3, 0.4) is 0 Å². The Morgan fingerprint density at radius 2 is 2.00 bits per heavy atom. The molecule has 0 radical (unpaired) electrons. The molecule has 1 atom stereocenters. The van der Waals surface area contributed by atoms with Crippen molar-refractivity contribution in [2.75, 3.05) is 25.7 Å². The van der Waals surface area contributed by atoms with Crippen molar-refractivity contribution in [3.8, 4) is 5.75 Å². The molecule has 0 aliphatic carbocycles. The normalized spacial score (nSPS) is 13.1. The molecule has 2 amide bonds. The smallest absolute Gasteiger partial charge is 0.309 e. The number of aliphatic hydroxyl groups is 1.